The van der Waals surface area contributed by atoms with Gasteiger partial charge in [-0.1, -0.05) is 0 Å². The summed E-state index contributed by atoms with van der Waals surface area (Å²) >= 11 is 0. The summed E-state index contributed by atoms with van der Waals surface area (Å²) in [5, 5.41) is 21.9. The Morgan fingerprint density at radius 3 is 2.41 bits per heavy atom. The number of hydrogen-bond donors (Lipinski definition) is 6. The molecule has 0 aliphatic carbocycles. The summed E-state index contributed by atoms with van der Waals surface area (Å²) in [7, 11) is 0. The molecule has 1 aromatic carbocycles. The fraction of sp³-hybridized carbons (Fsp3) is 0.400. The van der Waals surface area contributed by atoms with E-state index in [2.05, 4.69) is 25.3 Å². The molecule has 2 heterocycles. The van der Waals surface area contributed by atoms with Gasteiger partial charge in [-0.2, -0.15) is 4.98 Å². The minimum Gasteiger partial charge on any atom is -0.481 e. The van der Waals surface area contributed by atoms with E-state index in [1.165, 1.54) is 18.3 Å². The summed E-state index contributed by atoms with van der Waals surface area (Å²) in [6.45, 7) is 1.39. The number of ether oxygens (including phenoxy) is 2. The van der Waals surface area contributed by atoms with Crippen LogP contribution in [0.4, 0.5) is 11.6 Å². The molecular formula is C25H32N8O8. The standard InChI is InChI=1S/C25H32N8O8/c26-7-9-40-11-12-41-10-8-33(18(24(38)39)5-6-19(34)35)23(37)15-1-3-16(4-2-15)28-13-17-14-29-21-20(30-17)22(36)32-25(27)31-21/h1-4,14,18,28H,5-13,26H2,(H,34,35)(H,38,39)(H3,27,29,31,32,36)/t18-/m0/s1. The van der Waals surface area contributed by atoms with Crippen molar-refractivity contribution in [2.45, 2.75) is 25.4 Å². The van der Waals surface area contributed by atoms with Crippen LogP contribution in [0.2, 0.25) is 0 Å². The average Bonchev–Trinajstić information content (AvgIpc) is 2.94. The number of aromatic nitrogens is 4. The van der Waals surface area contributed by atoms with E-state index in [0.29, 0.717) is 24.5 Å². The molecule has 0 aliphatic heterocycles. The van der Waals surface area contributed by atoms with Gasteiger partial charge in [0.25, 0.3) is 11.5 Å². The number of hydrogen-bond acceptors (Lipinski definition) is 12. The molecule has 8 N–H and O–H groups in total. The molecule has 3 aromatic rings. The number of benzene rings is 1. The third-order valence-electron chi connectivity index (χ3n) is 5.76. The van der Waals surface area contributed by atoms with Crippen LogP contribution >= 0.6 is 0 Å². The number of nitrogens with zero attached hydrogens (tertiary/aromatic N) is 4. The number of nitrogens with one attached hydrogen (secondary N) is 2. The third kappa shape index (κ3) is 9.20. The molecular weight excluding hydrogens is 540 g/mol. The predicted molar refractivity (Wildman–Crippen MR) is 146 cm³/mol. The first-order chi connectivity index (χ1) is 19.7. The molecule has 0 bridgehead atoms. The Morgan fingerprint density at radius 1 is 1.05 bits per heavy atom. The highest BCUT2D eigenvalue weighted by molar-refractivity contribution is 5.97. The normalized spacial score (nSPS) is 11.7. The van der Waals surface area contributed by atoms with Gasteiger partial charge in [-0.15, -0.1) is 0 Å². The van der Waals surface area contributed by atoms with Crippen molar-refractivity contribution in [2.75, 3.05) is 50.6 Å². The minimum atomic E-state index is -1.37. The number of aliphatic carboxylic acids is 2. The average molecular weight is 573 g/mol. The molecule has 0 saturated carbocycles. The number of anilines is 2. The van der Waals surface area contributed by atoms with Crippen molar-refractivity contribution in [3.05, 3.63) is 52.1 Å². The van der Waals surface area contributed by atoms with E-state index < -0.39 is 35.9 Å². The Labute approximate surface area is 233 Å². The van der Waals surface area contributed by atoms with Crippen molar-refractivity contribution in [3.63, 3.8) is 0 Å². The molecule has 0 aliphatic rings. The highest BCUT2D eigenvalue weighted by atomic mass is 16.5. The lowest BCUT2D eigenvalue weighted by molar-refractivity contribution is -0.143. The monoisotopic (exact) mass is 572 g/mol. The van der Waals surface area contributed by atoms with Crippen LogP contribution in [0.15, 0.2) is 35.3 Å². The number of amides is 1. The van der Waals surface area contributed by atoms with E-state index >= 15 is 0 Å². The summed E-state index contributed by atoms with van der Waals surface area (Å²) < 4.78 is 10.7. The molecule has 0 fully saturated rings. The second-order valence-electron chi connectivity index (χ2n) is 8.71. The molecule has 41 heavy (non-hydrogen) atoms. The number of nitrogen functional groups attached to an aromatic ring is 1. The Balaban J connectivity index is 1.68. The maximum atomic E-state index is 13.3. The van der Waals surface area contributed by atoms with Crippen LogP contribution in [0.25, 0.3) is 11.2 Å². The van der Waals surface area contributed by atoms with Gasteiger partial charge < -0.3 is 41.4 Å². The topological polar surface area (TPSA) is 249 Å². The summed E-state index contributed by atoms with van der Waals surface area (Å²) in [5.74, 6) is -3.15. The molecule has 16 heteroatoms. The smallest absolute Gasteiger partial charge is 0.326 e. The molecule has 1 amide bonds. The SMILES string of the molecule is NCCOCCOCCN(C(=O)c1ccc(NCc2cnc3nc(N)[nH]c(=O)c3n2)cc1)[C@@H](CCC(=O)O)C(=O)O. The number of nitrogens with two attached hydrogens (primary N) is 2. The maximum absolute atomic E-state index is 13.3. The summed E-state index contributed by atoms with van der Waals surface area (Å²) in [4.78, 5) is 64.2. The molecule has 0 saturated heterocycles. The van der Waals surface area contributed by atoms with Crippen LogP contribution in [0.3, 0.4) is 0 Å². The van der Waals surface area contributed by atoms with Crippen LogP contribution in [0, 0.1) is 0 Å². The number of carbonyl (C=O) groups is 3. The molecule has 0 unspecified atom stereocenters. The first-order valence-electron chi connectivity index (χ1n) is 12.7. The maximum Gasteiger partial charge on any atom is 0.326 e. The Morgan fingerprint density at radius 2 is 1.76 bits per heavy atom. The van der Waals surface area contributed by atoms with Crippen LogP contribution in [-0.2, 0) is 25.6 Å². The zero-order chi connectivity index (χ0) is 29.8. The van der Waals surface area contributed by atoms with Crippen LogP contribution in [0.5, 0.6) is 0 Å². The van der Waals surface area contributed by atoms with Gasteiger partial charge in [-0.25, -0.2) is 14.8 Å². The van der Waals surface area contributed by atoms with Crippen molar-refractivity contribution in [3.8, 4) is 0 Å². The van der Waals surface area contributed by atoms with Crippen molar-refractivity contribution in [1.82, 2.24) is 24.8 Å². The van der Waals surface area contributed by atoms with Gasteiger partial charge >= 0.3 is 11.9 Å². The summed E-state index contributed by atoms with van der Waals surface area (Å²) in [6.07, 6.45) is 0.754. The molecule has 2 aromatic heterocycles. The molecule has 3 rings (SSSR count). The molecule has 16 nitrogen and oxygen atoms in total. The van der Waals surface area contributed by atoms with Gasteiger partial charge in [0.2, 0.25) is 5.95 Å². The van der Waals surface area contributed by atoms with E-state index in [4.69, 9.17) is 26.0 Å². The van der Waals surface area contributed by atoms with Crippen molar-refractivity contribution in [1.29, 1.82) is 0 Å². The molecule has 220 valence electrons. The number of H-pyrrole nitrogens is 1. The van der Waals surface area contributed by atoms with Crippen LogP contribution in [-0.4, -0.2) is 98.5 Å². The molecule has 0 radical (unpaired) electrons. The molecule has 0 spiro atoms. The number of carbonyl (C=O) groups excluding carboxylic acids is 1. The van der Waals surface area contributed by atoms with Crippen molar-refractivity contribution < 1.29 is 34.1 Å². The third-order valence-corrected chi connectivity index (χ3v) is 5.76. The minimum absolute atomic E-state index is 0.0198. The zero-order valence-electron chi connectivity index (χ0n) is 22.1. The second-order valence-corrected chi connectivity index (χ2v) is 8.71. The first kappa shape index (κ1) is 30.9. The van der Waals surface area contributed by atoms with Gasteiger partial charge in [-0.05, 0) is 30.7 Å². The highest BCUT2D eigenvalue weighted by Crippen LogP contribution is 2.17. The van der Waals surface area contributed by atoms with E-state index in [1.54, 1.807) is 12.1 Å². The van der Waals surface area contributed by atoms with Crippen LogP contribution < -0.4 is 22.3 Å². The number of fused-ring (bicyclic) bond motifs is 1. The zero-order valence-corrected chi connectivity index (χ0v) is 22.1. The lowest BCUT2D eigenvalue weighted by atomic mass is 10.1. The van der Waals surface area contributed by atoms with E-state index in [9.17, 15) is 24.3 Å². The van der Waals surface area contributed by atoms with Gasteiger partial charge in [-0.3, -0.25) is 19.4 Å². The largest absolute Gasteiger partial charge is 0.481 e. The second kappa shape index (κ2) is 15.2. The Hall–Kier alpha value is -4.67. The number of carboxylic acid groups (broad SMARTS) is 2. The number of aromatic amines is 1. The Kier molecular flexibility index (Phi) is 11.4. The fourth-order valence-corrected chi connectivity index (χ4v) is 3.79. The van der Waals surface area contributed by atoms with Crippen LogP contribution in [0.1, 0.15) is 28.9 Å². The number of carboxylic acids is 2. The van der Waals surface area contributed by atoms with Gasteiger partial charge in [0.05, 0.1) is 44.9 Å². The number of rotatable bonds is 17. The lowest BCUT2D eigenvalue weighted by Gasteiger charge is -2.29. The van der Waals surface area contributed by atoms with E-state index in [-0.39, 0.29) is 62.0 Å². The fourth-order valence-electron chi connectivity index (χ4n) is 3.79. The van der Waals surface area contributed by atoms with E-state index in [0.717, 1.165) is 4.90 Å². The Bertz CT molecular complexity index is 1400. The first-order valence-corrected chi connectivity index (χ1v) is 12.7. The van der Waals surface area contributed by atoms with Crippen molar-refractivity contribution >= 4 is 40.6 Å². The quantitative estimate of drug-likeness (QED) is 0.113. The van der Waals surface area contributed by atoms with E-state index in [1.807, 2.05) is 0 Å². The summed E-state index contributed by atoms with van der Waals surface area (Å²) in [6, 6.07) is 4.89. The van der Waals surface area contributed by atoms with Gasteiger partial charge in [0, 0.05) is 30.8 Å². The summed E-state index contributed by atoms with van der Waals surface area (Å²) in [5.41, 5.74) is 11.8. The van der Waals surface area contributed by atoms with Gasteiger partial charge in [0.15, 0.2) is 11.2 Å². The van der Waals surface area contributed by atoms with Crippen molar-refractivity contribution in [2.24, 2.45) is 5.73 Å². The highest BCUT2D eigenvalue weighted by Gasteiger charge is 2.30. The van der Waals surface area contributed by atoms with Gasteiger partial charge in [0.1, 0.15) is 6.04 Å². The lowest BCUT2D eigenvalue weighted by Crippen LogP contribution is -2.47. The predicted octanol–water partition coefficient (Wildman–Crippen LogP) is -0.340. The molecule has 1 atom stereocenters.